The van der Waals surface area contributed by atoms with Crippen molar-refractivity contribution in [3.63, 3.8) is 0 Å². The van der Waals surface area contributed by atoms with E-state index in [-0.39, 0.29) is 17.6 Å². The Hall–Kier alpha value is -3.66. The molecule has 0 radical (unpaired) electrons. The fourth-order valence-corrected chi connectivity index (χ4v) is 3.03. The van der Waals surface area contributed by atoms with E-state index in [1.165, 1.54) is 6.20 Å². The maximum atomic E-state index is 12.1. The summed E-state index contributed by atoms with van der Waals surface area (Å²) in [5.74, 6) is -2.17. The third-order valence-electron chi connectivity index (χ3n) is 4.59. The van der Waals surface area contributed by atoms with Crippen LogP contribution in [-0.4, -0.2) is 45.3 Å². The number of guanidine groups is 1. The van der Waals surface area contributed by atoms with Gasteiger partial charge >= 0.3 is 11.9 Å². The zero-order chi connectivity index (χ0) is 22.4. The molecule has 2 atom stereocenters. The summed E-state index contributed by atoms with van der Waals surface area (Å²) in [7, 11) is 0. The van der Waals surface area contributed by atoms with Crippen LogP contribution in [0.5, 0.6) is 0 Å². The second-order valence-corrected chi connectivity index (χ2v) is 6.82. The van der Waals surface area contributed by atoms with Crippen LogP contribution in [0.1, 0.15) is 41.7 Å². The van der Waals surface area contributed by atoms with E-state index >= 15 is 0 Å². The fourth-order valence-electron chi connectivity index (χ4n) is 3.03. The Bertz CT molecular complexity index is 1070. The highest BCUT2D eigenvalue weighted by molar-refractivity contribution is 5.95. The number of aliphatic imine (C=N–C) groups is 1. The molecule has 0 saturated carbocycles. The molecule has 8 N–H and O–H groups in total. The predicted octanol–water partition coefficient (Wildman–Crippen LogP) is 0.739. The van der Waals surface area contributed by atoms with Gasteiger partial charge in [-0.05, 0) is 31.4 Å². The molecule has 30 heavy (non-hydrogen) atoms. The lowest BCUT2D eigenvalue weighted by Crippen LogP contribution is -2.30. The van der Waals surface area contributed by atoms with Crippen molar-refractivity contribution in [3.8, 4) is 0 Å². The Balaban J connectivity index is 0.000000235. The maximum Gasteiger partial charge on any atom is 0.341 e. The number of aliphatic carboxylic acids is 1. The Labute approximate surface area is 172 Å². The van der Waals surface area contributed by atoms with Gasteiger partial charge in [-0.15, -0.1) is 0 Å². The molecule has 10 heteroatoms. The highest BCUT2D eigenvalue weighted by atomic mass is 16.4. The van der Waals surface area contributed by atoms with E-state index in [0.29, 0.717) is 24.8 Å². The first-order chi connectivity index (χ1) is 14.1. The molecule has 0 saturated heterocycles. The van der Waals surface area contributed by atoms with Crippen molar-refractivity contribution in [2.45, 2.75) is 31.8 Å². The minimum atomic E-state index is -1.18. The smallest absolute Gasteiger partial charge is 0.341 e. The summed E-state index contributed by atoms with van der Waals surface area (Å²) in [5, 5.41) is 17.9. The van der Waals surface area contributed by atoms with Gasteiger partial charge in [-0.2, -0.15) is 0 Å². The SMILES string of the molecule is CC1C=Cc2cccc3c(=O)c(C(=O)O)cn1c23.NC(N)=NCCC[C@H](N)C(=O)O. The molecule has 0 spiro atoms. The second-order valence-electron chi connectivity index (χ2n) is 6.82. The molecule has 3 rings (SSSR count). The zero-order valence-corrected chi connectivity index (χ0v) is 16.5. The van der Waals surface area contributed by atoms with E-state index in [0.717, 1.165) is 11.1 Å². The topological polar surface area (TPSA) is 187 Å². The molecule has 1 aromatic heterocycles. The third-order valence-corrected chi connectivity index (χ3v) is 4.59. The van der Waals surface area contributed by atoms with Gasteiger partial charge in [0.25, 0.3) is 0 Å². The van der Waals surface area contributed by atoms with Gasteiger partial charge < -0.3 is 32.0 Å². The second kappa shape index (κ2) is 9.70. The van der Waals surface area contributed by atoms with Crippen molar-refractivity contribution in [2.75, 3.05) is 6.54 Å². The van der Waals surface area contributed by atoms with Crippen LogP contribution >= 0.6 is 0 Å². The number of allylic oxidation sites excluding steroid dienone is 1. The van der Waals surface area contributed by atoms with E-state index in [1.54, 1.807) is 12.1 Å². The lowest BCUT2D eigenvalue weighted by Gasteiger charge is -2.21. The number of benzene rings is 1. The molecule has 2 heterocycles. The molecule has 0 aliphatic carbocycles. The van der Waals surface area contributed by atoms with Gasteiger partial charge in [-0.3, -0.25) is 14.6 Å². The monoisotopic (exact) mass is 415 g/mol. The fraction of sp³-hybridized carbons (Fsp3) is 0.300. The van der Waals surface area contributed by atoms with Crippen LogP contribution in [0, 0.1) is 0 Å². The van der Waals surface area contributed by atoms with E-state index < -0.39 is 23.4 Å². The molecule has 0 amide bonds. The molecule has 160 valence electrons. The van der Waals surface area contributed by atoms with E-state index in [2.05, 4.69) is 4.99 Å². The first-order valence-electron chi connectivity index (χ1n) is 9.26. The number of carbonyl (C=O) groups is 2. The largest absolute Gasteiger partial charge is 0.480 e. The van der Waals surface area contributed by atoms with Crippen LogP contribution in [0.2, 0.25) is 0 Å². The number of rotatable bonds is 6. The Morgan fingerprint density at radius 3 is 2.57 bits per heavy atom. The highest BCUT2D eigenvalue weighted by Gasteiger charge is 2.19. The summed E-state index contributed by atoms with van der Waals surface area (Å²) in [6, 6.07) is 4.59. The Morgan fingerprint density at radius 1 is 1.27 bits per heavy atom. The number of aromatic nitrogens is 1. The number of carboxylic acid groups (broad SMARTS) is 2. The molecule has 1 aliphatic heterocycles. The number of hydrogen-bond acceptors (Lipinski definition) is 5. The molecule has 0 bridgehead atoms. The van der Waals surface area contributed by atoms with Gasteiger partial charge in [-0.25, -0.2) is 4.79 Å². The molecule has 1 unspecified atom stereocenters. The summed E-state index contributed by atoms with van der Waals surface area (Å²) >= 11 is 0. The van der Waals surface area contributed by atoms with Crippen LogP contribution in [-0.2, 0) is 4.79 Å². The number of aromatic carboxylic acids is 1. The minimum Gasteiger partial charge on any atom is -0.480 e. The van der Waals surface area contributed by atoms with Crippen molar-refractivity contribution >= 4 is 34.9 Å². The number of para-hydroxylation sites is 1. The molecule has 10 nitrogen and oxygen atoms in total. The van der Waals surface area contributed by atoms with Gasteiger partial charge in [0.2, 0.25) is 5.43 Å². The van der Waals surface area contributed by atoms with E-state index in [9.17, 15) is 14.4 Å². The normalized spacial score (nSPS) is 15.1. The lowest BCUT2D eigenvalue weighted by atomic mass is 10.0. The van der Waals surface area contributed by atoms with Crippen LogP contribution in [0.25, 0.3) is 17.0 Å². The molecular formula is C20H25N5O5. The quantitative estimate of drug-likeness (QED) is 0.259. The Kier molecular flexibility index (Phi) is 7.32. The van der Waals surface area contributed by atoms with Gasteiger partial charge in [0.15, 0.2) is 5.96 Å². The van der Waals surface area contributed by atoms with Gasteiger partial charge in [-0.1, -0.05) is 24.3 Å². The molecule has 1 aromatic carbocycles. The third kappa shape index (κ3) is 5.23. The minimum absolute atomic E-state index is 0.0129. The van der Waals surface area contributed by atoms with Crippen molar-refractivity contribution in [2.24, 2.45) is 22.2 Å². The maximum absolute atomic E-state index is 12.1. The average molecular weight is 415 g/mol. The van der Waals surface area contributed by atoms with Crippen molar-refractivity contribution < 1.29 is 19.8 Å². The van der Waals surface area contributed by atoms with Crippen LogP contribution in [0.4, 0.5) is 0 Å². The lowest BCUT2D eigenvalue weighted by molar-refractivity contribution is -0.138. The standard InChI is InChI=1S/C14H11NO3.C6H14N4O2/c1-8-5-6-9-3-2-4-10-12(9)15(8)7-11(13(10)16)14(17)18;7-4(5(11)12)2-1-3-10-6(8)9/h2-8H,1H3,(H,17,18);4H,1-3,7H2,(H,11,12)(H4,8,9,10)/t;4-/m.0/s1. The first-order valence-corrected chi connectivity index (χ1v) is 9.26. The summed E-state index contributed by atoms with van der Waals surface area (Å²) in [4.78, 5) is 37.1. The van der Waals surface area contributed by atoms with Crippen LogP contribution in [0.15, 0.2) is 40.3 Å². The van der Waals surface area contributed by atoms with Gasteiger partial charge in [0.05, 0.1) is 5.52 Å². The molecule has 0 fully saturated rings. The number of nitrogens with zero attached hydrogens (tertiary/aromatic N) is 2. The summed E-state index contributed by atoms with van der Waals surface area (Å²) in [6.07, 6.45) is 6.34. The van der Waals surface area contributed by atoms with Crippen LogP contribution < -0.4 is 22.6 Å². The van der Waals surface area contributed by atoms with Crippen molar-refractivity contribution in [1.82, 2.24) is 4.57 Å². The van der Waals surface area contributed by atoms with Crippen molar-refractivity contribution in [1.29, 1.82) is 0 Å². The number of nitrogens with two attached hydrogens (primary N) is 3. The Morgan fingerprint density at radius 2 is 1.97 bits per heavy atom. The zero-order valence-electron chi connectivity index (χ0n) is 16.5. The highest BCUT2D eigenvalue weighted by Crippen LogP contribution is 2.27. The molecule has 1 aliphatic rings. The molecule has 2 aromatic rings. The molecular weight excluding hydrogens is 390 g/mol. The van der Waals surface area contributed by atoms with E-state index in [4.69, 9.17) is 27.4 Å². The number of hydrogen-bond donors (Lipinski definition) is 5. The van der Waals surface area contributed by atoms with Gasteiger partial charge in [0.1, 0.15) is 11.6 Å². The van der Waals surface area contributed by atoms with Gasteiger partial charge in [0, 0.05) is 24.2 Å². The average Bonchev–Trinajstić information content (AvgIpc) is 2.69. The summed E-state index contributed by atoms with van der Waals surface area (Å²) in [6.45, 7) is 2.38. The first kappa shape index (κ1) is 22.6. The summed E-state index contributed by atoms with van der Waals surface area (Å²) in [5.41, 5.74) is 16.5. The summed E-state index contributed by atoms with van der Waals surface area (Å²) < 4.78 is 1.84. The van der Waals surface area contributed by atoms with E-state index in [1.807, 2.05) is 29.7 Å². The number of carboxylic acids is 2. The van der Waals surface area contributed by atoms with Crippen molar-refractivity contribution in [3.05, 3.63) is 51.8 Å². The predicted molar refractivity (Wildman–Crippen MR) is 114 cm³/mol. The number of pyridine rings is 1. The van der Waals surface area contributed by atoms with Crippen LogP contribution in [0.3, 0.4) is 0 Å².